The van der Waals surface area contributed by atoms with Crippen molar-refractivity contribution >= 4 is 11.8 Å². The second-order valence-corrected chi connectivity index (χ2v) is 8.50. The number of benzene rings is 2. The maximum absolute atomic E-state index is 13.7. The van der Waals surface area contributed by atoms with E-state index in [4.69, 9.17) is 10.5 Å². The average molecular weight is 427 g/mol. The third-order valence-electron chi connectivity index (χ3n) is 6.27. The van der Waals surface area contributed by atoms with Gasteiger partial charge in [-0.1, -0.05) is 25.1 Å². The molecule has 1 saturated carbocycles. The van der Waals surface area contributed by atoms with Crippen LogP contribution in [0.25, 0.3) is 0 Å². The number of halogens is 1. The van der Waals surface area contributed by atoms with Crippen LogP contribution in [0.2, 0.25) is 0 Å². The molecule has 5 nitrogen and oxygen atoms in total. The highest BCUT2D eigenvalue weighted by atomic mass is 19.1. The summed E-state index contributed by atoms with van der Waals surface area (Å²) in [5.74, 6) is 0.793. The van der Waals surface area contributed by atoms with Crippen LogP contribution in [0.5, 0.6) is 5.75 Å². The van der Waals surface area contributed by atoms with Crippen molar-refractivity contribution in [2.45, 2.75) is 50.9 Å². The van der Waals surface area contributed by atoms with E-state index in [1.165, 1.54) is 25.2 Å². The lowest BCUT2D eigenvalue weighted by Crippen LogP contribution is -2.27. The van der Waals surface area contributed by atoms with Gasteiger partial charge in [0.25, 0.3) is 5.91 Å². The van der Waals surface area contributed by atoms with E-state index in [0.717, 1.165) is 24.8 Å². The molecule has 3 atom stereocenters. The highest BCUT2D eigenvalue weighted by Gasteiger charge is 2.27. The van der Waals surface area contributed by atoms with Crippen LogP contribution < -0.4 is 15.8 Å². The van der Waals surface area contributed by atoms with Gasteiger partial charge in [0.15, 0.2) is 11.6 Å². The zero-order valence-corrected chi connectivity index (χ0v) is 18.2. The molecule has 1 unspecified atom stereocenters. The minimum Gasteiger partial charge on any atom is -0.494 e. The van der Waals surface area contributed by atoms with E-state index in [1.54, 1.807) is 6.07 Å². The molecule has 1 aliphatic carbocycles. The number of methoxy groups -OCH3 is 1. The molecule has 1 fully saturated rings. The quantitative estimate of drug-likeness (QED) is 0.619. The number of nitrogens with two attached hydrogens (primary N) is 1. The molecule has 0 saturated heterocycles. The molecule has 3 rings (SSSR count). The lowest BCUT2D eigenvalue weighted by molar-refractivity contribution is -0.117. The van der Waals surface area contributed by atoms with Crippen molar-refractivity contribution in [3.8, 4) is 5.75 Å². The van der Waals surface area contributed by atoms with Crippen LogP contribution in [0.3, 0.4) is 0 Å². The van der Waals surface area contributed by atoms with Crippen molar-refractivity contribution in [2.75, 3.05) is 13.7 Å². The van der Waals surface area contributed by atoms with E-state index in [9.17, 15) is 14.0 Å². The highest BCUT2D eigenvalue weighted by Crippen LogP contribution is 2.42. The van der Waals surface area contributed by atoms with Crippen molar-refractivity contribution in [3.63, 3.8) is 0 Å². The van der Waals surface area contributed by atoms with Crippen LogP contribution in [0, 0.1) is 11.7 Å². The molecule has 166 valence electrons. The Morgan fingerprint density at radius 1 is 1.19 bits per heavy atom. The molecule has 31 heavy (non-hydrogen) atoms. The molecule has 6 heteroatoms. The average Bonchev–Trinajstić information content (AvgIpc) is 3.22. The van der Waals surface area contributed by atoms with Crippen LogP contribution in [0.15, 0.2) is 42.5 Å². The summed E-state index contributed by atoms with van der Waals surface area (Å²) in [4.78, 5) is 22.9. The summed E-state index contributed by atoms with van der Waals surface area (Å²) >= 11 is 0. The van der Waals surface area contributed by atoms with Gasteiger partial charge in [0.1, 0.15) is 0 Å². The van der Waals surface area contributed by atoms with Crippen molar-refractivity contribution in [2.24, 2.45) is 11.7 Å². The van der Waals surface area contributed by atoms with Gasteiger partial charge in [0.2, 0.25) is 5.91 Å². The van der Waals surface area contributed by atoms with Crippen molar-refractivity contribution in [1.82, 2.24) is 5.32 Å². The van der Waals surface area contributed by atoms with Gasteiger partial charge in [-0.05, 0) is 78.8 Å². The van der Waals surface area contributed by atoms with Gasteiger partial charge in [0.05, 0.1) is 7.11 Å². The fraction of sp³-hybridized carbons (Fsp3) is 0.440. The summed E-state index contributed by atoms with van der Waals surface area (Å²) in [6.45, 7) is 2.43. The SMILES string of the molecule is COc1cc([C@@H](C)CC2CC[C@H](c3ccc(C(=O)NCCC(N)=O)cc3)C2)ccc1F. The Labute approximate surface area is 183 Å². The summed E-state index contributed by atoms with van der Waals surface area (Å²) in [5.41, 5.74) is 8.04. The smallest absolute Gasteiger partial charge is 0.251 e. The zero-order chi connectivity index (χ0) is 22.4. The molecule has 1 aliphatic rings. The first kappa shape index (κ1) is 22.8. The summed E-state index contributed by atoms with van der Waals surface area (Å²) < 4.78 is 18.8. The van der Waals surface area contributed by atoms with E-state index < -0.39 is 5.91 Å². The fourth-order valence-corrected chi connectivity index (χ4v) is 4.52. The molecule has 3 N–H and O–H groups in total. The molecule has 2 amide bonds. The van der Waals surface area contributed by atoms with Gasteiger partial charge < -0.3 is 15.8 Å². The minimum absolute atomic E-state index is 0.135. The number of nitrogens with one attached hydrogen (secondary N) is 1. The van der Waals surface area contributed by atoms with Gasteiger partial charge >= 0.3 is 0 Å². The van der Waals surface area contributed by atoms with Crippen molar-refractivity contribution < 1.29 is 18.7 Å². The molecule has 0 bridgehead atoms. The van der Waals surface area contributed by atoms with E-state index in [1.807, 2.05) is 30.3 Å². The minimum atomic E-state index is -0.431. The molecular formula is C25H31FN2O3. The van der Waals surface area contributed by atoms with Gasteiger partial charge in [-0.2, -0.15) is 0 Å². The van der Waals surface area contributed by atoms with E-state index in [-0.39, 0.29) is 24.7 Å². The molecule has 0 spiro atoms. The Balaban J connectivity index is 1.53. The van der Waals surface area contributed by atoms with Crippen molar-refractivity contribution in [1.29, 1.82) is 0 Å². The molecule has 2 aromatic carbocycles. The molecular weight excluding hydrogens is 395 g/mol. The normalized spacial score (nSPS) is 19.1. The Kier molecular flexibility index (Phi) is 7.66. The van der Waals surface area contributed by atoms with Gasteiger partial charge in [-0.15, -0.1) is 0 Å². The van der Waals surface area contributed by atoms with Crippen molar-refractivity contribution in [3.05, 3.63) is 65.0 Å². The molecule has 2 aromatic rings. The van der Waals surface area contributed by atoms with Gasteiger partial charge in [0, 0.05) is 18.5 Å². The van der Waals surface area contributed by atoms with E-state index in [2.05, 4.69) is 12.2 Å². The Morgan fingerprint density at radius 2 is 1.94 bits per heavy atom. The maximum Gasteiger partial charge on any atom is 0.251 e. The molecule has 0 heterocycles. The molecule has 0 radical (unpaired) electrons. The number of amides is 2. The third kappa shape index (κ3) is 6.06. The number of carbonyl (C=O) groups is 2. The first-order valence-corrected chi connectivity index (χ1v) is 10.9. The highest BCUT2D eigenvalue weighted by molar-refractivity contribution is 5.94. The fourth-order valence-electron chi connectivity index (χ4n) is 4.52. The second-order valence-electron chi connectivity index (χ2n) is 8.50. The summed E-state index contributed by atoms with van der Waals surface area (Å²) in [6.07, 6.45) is 4.62. The number of rotatable bonds is 9. The summed E-state index contributed by atoms with van der Waals surface area (Å²) in [6, 6.07) is 12.9. The van der Waals surface area contributed by atoms with Crippen LogP contribution in [-0.4, -0.2) is 25.5 Å². The van der Waals surface area contributed by atoms with Crippen LogP contribution >= 0.6 is 0 Å². The number of ether oxygens (including phenoxy) is 1. The topological polar surface area (TPSA) is 81.4 Å². The first-order chi connectivity index (χ1) is 14.9. The van der Waals surface area contributed by atoms with E-state index >= 15 is 0 Å². The van der Waals surface area contributed by atoms with Crippen LogP contribution in [0.1, 0.15) is 72.3 Å². The van der Waals surface area contributed by atoms with Crippen LogP contribution in [0.4, 0.5) is 4.39 Å². The largest absolute Gasteiger partial charge is 0.494 e. The standard InChI is InChI=1S/C25H31FN2O3/c1-16(20-9-10-22(26)23(15-20)31-2)13-17-3-4-21(14-17)18-5-7-19(8-6-18)25(30)28-12-11-24(27)29/h5-10,15-17,21H,3-4,11-14H2,1-2H3,(H2,27,29)(H,28,30)/t16-,17?,21-/m0/s1. The van der Waals surface area contributed by atoms with E-state index in [0.29, 0.717) is 29.1 Å². The summed E-state index contributed by atoms with van der Waals surface area (Å²) in [7, 11) is 1.49. The Bertz CT molecular complexity index is 913. The predicted molar refractivity (Wildman–Crippen MR) is 119 cm³/mol. The Morgan fingerprint density at radius 3 is 2.61 bits per heavy atom. The number of hydrogen-bond acceptors (Lipinski definition) is 3. The lowest BCUT2D eigenvalue weighted by atomic mass is 9.88. The monoisotopic (exact) mass is 426 g/mol. The second kappa shape index (κ2) is 10.4. The predicted octanol–water partition coefficient (Wildman–Crippen LogP) is 4.52. The number of hydrogen-bond donors (Lipinski definition) is 2. The Hall–Kier alpha value is -2.89. The third-order valence-corrected chi connectivity index (χ3v) is 6.27. The maximum atomic E-state index is 13.7. The summed E-state index contributed by atoms with van der Waals surface area (Å²) in [5, 5.41) is 2.70. The number of carbonyl (C=O) groups excluding carboxylic acids is 2. The zero-order valence-electron chi connectivity index (χ0n) is 18.2. The van der Waals surface area contributed by atoms with Crippen LogP contribution in [-0.2, 0) is 4.79 Å². The van der Waals surface area contributed by atoms with Gasteiger partial charge in [-0.3, -0.25) is 9.59 Å². The number of primary amides is 1. The molecule has 0 aromatic heterocycles. The molecule has 0 aliphatic heterocycles. The van der Waals surface area contributed by atoms with Gasteiger partial charge in [-0.25, -0.2) is 4.39 Å². The first-order valence-electron chi connectivity index (χ1n) is 10.9. The lowest BCUT2D eigenvalue weighted by Gasteiger charge is -2.18.